The third kappa shape index (κ3) is 2.84. The van der Waals surface area contributed by atoms with Crippen molar-refractivity contribution in [2.24, 2.45) is 10.8 Å². The Labute approximate surface area is 90.5 Å². The highest BCUT2D eigenvalue weighted by Gasteiger charge is 2.08. The number of rotatable bonds is 3. The Balaban J connectivity index is 2.99. The first kappa shape index (κ1) is 11.8. The molecule has 1 rings (SSSR count). The molecule has 0 fully saturated rings. The van der Waals surface area contributed by atoms with Gasteiger partial charge < -0.3 is 15.6 Å². The van der Waals surface area contributed by atoms with Crippen molar-refractivity contribution in [1.29, 1.82) is 0 Å². The molecule has 0 radical (unpaired) electrons. The molecule has 86 valence electrons. The zero-order valence-corrected chi connectivity index (χ0v) is 8.40. The molecule has 0 aliphatic heterocycles. The molecule has 16 heavy (non-hydrogen) atoms. The molecule has 0 heterocycles. The van der Waals surface area contributed by atoms with Crippen LogP contribution in [0.2, 0.25) is 0 Å². The van der Waals surface area contributed by atoms with Crippen LogP contribution in [0.25, 0.3) is 0 Å². The Morgan fingerprint density at radius 1 is 1.69 bits per heavy atom. The lowest BCUT2D eigenvalue weighted by Gasteiger charge is -2.05. The van der Waals surface area contributed by atoms with Crippen LogP contribution >= 0.6 is 0 Å². The Bertz CT molecular complexity index is 434. The van der Waals surface area contributed by atoms with Gasteiger partial charge in [0.15, 0.2) is 11.5 Å². The van der Waals surface area contributed by atoms with Gasteiger partial charge in [0, 0.05) is 11.6 Å². The normalized spacial score (nSPS) is 10.4. The van der Waals surface area contributed by atoms with Crippen LogP contribution in [-0.2, 0) is 0 Å². The first-order chi connectivity index (χ1) is 7.54. The van der Waals surface area contributed by atoms with E-state index in [4.69, 9.17) is 10.5 Å². The van der Waals surface area contributed by atoms with Gasteiger partial charge in [0.05, 0.1) is 13.3 Å². The van der Waals surface area contributed by atoms with Gasteiger partial charge in [-0.1, -0.05) is 0 Å². The third-order valence-corrected chi connectivity index (χ3v) is 1.67. The number of phenols is 1. The van der Waals surface area contributed by atoms with Crippen molar-refractivity contribution < 1.29 is 19.0 Å². The van der Waals surface area contributed by atoms with E-state index in [2.05, 4.69) is 5.10 Å². The molecule has 6 nitrogen and oxygen atoms in total. The highest BCUT2D eigenvalue weighted by atomic mass is 19.1. The van der Waals surface area contributed by atoms with Crippen LogP contribution in [0.4, 0.5) is 9.18 Å². The van der Waals surface area contributed by atoms with Crippen LogP contribution in [0, 0.1) is 5.82 Å². The van der Waals surface area contributed by atoms with E-state index < -0.39 is 11.8 Å². The summed E-state index contributed by atoms with van der Waals surface area (Å²) in [6.45, 7) is 0. The van der Waals surface area contributed by atoms with E-state index >= 15 is 0 Å². The number of phenolic OH excluding ortho intramolecular Hbond substituents is 1. The van der Waals surface area contributed by atoms with Gasteiger partial charge in [-0.2, -0.15) is 5.10 Å². The number of carbonyl (C=O) groups is 1. The van der Waals surface area contributed by atoms with Gasteiger partial charge in [0.25, 0.3) is 0 Å². The molecule has 0 bridgehead atoms. The molecule has 0 atom stereocenters. The Morgan fingerprint density at radius 3 is 2.94 bits per heavy atom. The summed E-state index contributed by atoms with van der Waals surface area (Å²) in [6, 6.07) is 1.19. The Kier molecular flexibility index (Phi) is 3.65. The van der Waals surface area contributed by atoms with Gasteiger partial charge in [0.2, 0.25) is 0 Å². The molecule has 0 spiro atoms. The van der Waals surface area contributed by atoms with Gasteiger partial charge in [-0.15, -0.1) is 0 Å². The molecule has 0 aromatic heterocycles. The molecule has 2 amide bonds. The summed E-state index contributed by atoms with van der Waals surface area (Å²) in [6.07, 6.45) is 1.05. The quantitative estimate of drug-likeness (QED) is 0.519. The highest BCUT2D eigenvalue weighted by Crippen LogP contribution is 2.29. The monoisotopic (exact) mass is 227 g/mol. The maximum absolute atomic E-state index is 13.0. The molecule has 4 N–H and O–H groups in total. The first-order valence-corrected chi connectivity index (χ1v) is 4.19. The van der Waals surface area contributed by atoms with E-state index in [1.807, 2.05) is 5.43 Å². The number of aromatic hydroxyl groups is 1. The van der Waals surface area contributed by atoms with E-state index in [1.165, 1.54) is 7.11 Å². The SMILES string of the molecule is COc1cc(F)cc(C=NNC(N)=O)c1O. The Hall–Kier alpha value is -2.31. The molecule has 0 aliphatic carbocycles. The summed E-state index contributed by atoms with van der Waals surface area (Å²) in [5.41, 5.74) is 6.73. The molecule has 1 aromatic rings. The predicted octanol–water partition coefficient (Wildman–Crippen LogP) is 0.542. The number of nitrogens with one attached hydrogen (secondary N) is 1. The molecule has 1 aromatic carbocycles. The average Bonchev–Trinajstić information content (AvgIpc) is 2.22. The van der Waals surface area contributed by atoms with E-state index in [1.54, 1.807) is 0 Å². The van der Waals surface area contributed by atoms with Crippen molar-refractivity contribution in [2.75, 3.05) is 7.11 Å². The minimum atomic E-state index is -0.862. The number of carbonyl (C=O) groups excluding carboxylic acids is 1. The molecule has 0 unspecified atom stereocenters. The summed E-state index contributed by atoms with van der Waals surface area (Å²) in [4.78, 5) is 10.3. The summed E-state index contributed by atoms with van der Waals surface area (Å²) < 4.78 is 17.7. The van der Waals surface area contributed by atoms with Gasteiger partial charge in [-0.25, -0.2) is 14.6 Å². The fourth-order valence-corrected chi connectivity index (χ4v) is 1.01. The lowest BCUT2D eigenvalue weighted by molar-refractivity contribution is 0.249. The first-order valence-electron chi connectivity index (χ1n) is 4.19. The van der Waals surface area contributed by atoms with Crippen LogP contribution in [0.1, 0.15) is 5.56 Å². The summed E-state index contributed by atoms with van der Waals surface area (Å²) in [5.74, 6) is -0.908. The zero-order chi connectivity index (χ0) is 12.1. The number of hydrazone groups is 1. The summed E-state index contributed by atoms with van der Waals surface area (Å²) in [7, 11) is 1.29. The number of nitrogens with two attached hydrogens (primary N) is 1. The largest absolute Gasteiger partial charge is 0.504 e. The van der Waals surface area contributed by atoms with Crippen LogP contribution in [0.15, 0.2) is 17.2 Å². The van der Waals surface area contributed by atoms with Gasteiger partial charge in [-0.05, 0) is 6.07 Å². The number of amides is 2. The fraction of sp³-hybridized carbons (Fsp3) is 0.111. The summed E-state index contributed by atoms with van der Waals surface area (Å²) >= 11 is 0. The Morgan fingerprint density at radius 2 is 2.38 bits per heavy atom. The number of hydrogen-bond acceptors (Lipinski definition) is 4. The fourth-order valence-electron chi connectivity index (χ4n) is 1.01. The van der Waals surface area contributed by atoms with Crippen molar-refractivity contribution in [2.45, 2.75) is 0 Å². The lowest BCUT2D eigenvalue weighted by atomic mass is 10.2. The molecule has 0 saturated heterocycles. The molecular weight excluding hydrogens is 217 g/mol. The van der Waals surface area contributed by atoms with E-state index in [-0.39, 0.29) is 17.1 Å². The van der Waals surface area contributed by atoms with E-state index in [0.717, 1.165) is 18.3 Å². The van der Waals surface area contributed by atoms with Crippen molar-refractivity contribution in [3.8, 4) is 11.5 Å². The number of hydrogen-bond donors (Lipinski definition) is 3. The smallest absolute Gasteiger partial charge is 0.332 e. The number of methoxy groups -OCH3 is 1. The zero-order valence-electron chi connectivity index (χ0n) is 8.40. The maximum atomic E-state index is 13.0. The average molecular weight is 227 g/mol. The van der Waals surface area contributed by atoms with Crippen LogP contribution in [-0.4, -0.2) is 24.5 Å². The van der Waals surface area contributed by atoms with Gasteiger partial charge in [-0.3, -0.25) is 0 Å². The number of benzene rings is 1. The van der Waals surface area contributed by atoms with E-state index in [9.17, 15) is 14.3 Å². The van der Waals surface area contributed by atoms with Crippen molar-refractivity contribution in [3.63, 3.8) is 0 Å². The number of urea groups is 1. The number of halogens is 1. The van der Waals surface area contributed by atoms with Crippen LogP contribution in [0.3, 0.4) is 0 Å². The van der Waals surface area contributed by atoms with Gasteiger partial charge >= 0.3 is 6.03 Å². The number of nitrogens with zero attached hydrogens (tertiary/aromatic N) is 1. The number of primary amides is 1. The van der Waals surface area contributed by atoms with E-state index in [0.29, 0.717) is 0 Å². The second kappa shape index (κ2) is 4.96. The summed E-state index contributed by atoms with van der Waals surface area (Å²) in [5, 5.41) is 12.9. The lowest BCUT2D eigenvalue weighted by Crippen LogP contribution is -2.24. The van der Waals surface area contributed by atoms with Gasteiger partial charge in [0.1, 0.15) is 5.82 Å². The van der Waals surface area contributed by atoms with Crippen LogP contribution < -0.4 is 15.9 Å². The van der Waals surface area contributed by atoms with Crippen molar-refractivity contribution >= 4 is 12.2 Å². The number of ether oxygens (including phenoxy) is 1. The predicted molar refractivity (Wildman–Crippen MR) is 54.9 cm³/mol. The second-order valence-corrected chi connectivity index (χ2v) is 2.78. The topological polar surface area (TPSA) is 96.9 Å². The standard InChI is InChI=1S/C9H10FN3O3/c1-16-7-3-6(10)2-5(8(7)14)4-12-13-9(11)15/h2-4,14H,1H3,(H3,11,13,15). The van der Waals surface area contributed by atoms with Crippen molar-refractivity contribution in [3.05, 3.63) is 23.5 Å². The second-order valence-electron chi connectivity index (χ2n) is 2.78. The third-order valence-electron chi connectivity index (χ3n) is 1.67. The van der Waals surface area contributed by atoms with Crippen LogP contribution in [0.5, 0.6) is 11.5 Å². The minimum absolute atomic E-state index is 0.0273. The molecule has 7 heteroatoms. The molecular formula is C9H10FN3O3. The minimum Gasteiger partial charge on any atom is -0.504 e. The molecule has 0 aliphatic rings. The highest BCUT2D eigenvalue weighted by molar-refractivity contribution is 5.85. The maximum Gasteiger partial charge on any atom is 0.332 e. The van der Waals surface area contributed by atoms with Crippen molar-refractivity contribution in [1.82, 2.24) is 5.43 Å². The molecule has 0 saturated carbocycles.